The van der Waals surface area contributed by atoms with E-state index in [1.165, 1.54) is 17.5 Å². The van der Waals surface area contributed by atoms with Crippen LogP contribution in [0.2, 0.25) is 0 Å². The molecule has 1 atom stereocenters. The van der Waals surface area contributed by atoms with Gasteiger partial charge in [-0.3, -0.25) is 4.79 Å². The highest BCUT2D eigenvalue weighted by Crippen LogP contribution is 2.25. The second-order valence-electron chi connectivity index (χ2n) is 4.46. The first-order chi connectivity index (χ1) is 7.22. The van der Waals surface area contributed by atoms with Gasteiger partial charge in [0.05, 0.1) is 0 Å². The second-order valence-corrected chi connectivity index (χ2v) is 4.46. The largest absolute Gasteiger partial charge is 0.306 e. The molecule has 0 spiro atoms. The van der Waals surface area contributed by atoms with Gasteiger partial charge in [-0.2, -0.15) is 0 Å². The third kappa shape index (κ3) is 1.95. The van der Waals surface area contributed by atoms with Crippen molar-refractivity contribution in [2.75, 3.05) is 14.1 Å². The molecule has 0 saturated heterocycles. The van der Waals surface area contributed by atoms with Crippen LogP contribution in [-0.4, -0.2) is 31.3 Å². The zero-order valence-electron chi connectivity index (χ0n) is 9.36. The number of carbonyl (C=O) groups excluding carboxylic acids is 1. The smallest absolute Gasteiger partial charge is 0.150 e. The van der Waals surface area contributed by atoms with Crippen molar-refractivity contribution in [1.29, 1.82) is 0 Å². The summed E-state index contributed by atoms with van der Waals surface area (Å²) in [7, 11) is 4.22. The lowest BCUT2D eigenvalue weighted by Gasteiger charge is -2.30. The fourth-order valence-corrected chi connectivity index (χ4v) is 2.35. The molecule has 1 aromatic carbocycles. The summed E-state index contributed by atoms with van der Waals surface area (Å²) in [6.07, 6.45) is 4.29. The third-order valence-electron chi connectivity index (χ3n) is 3.35. The van der Waals surface area contributed by atoms with Crippen LogP contribution in [0.4, 0.5) is 0 Å². The number of likely N-dealkylation sites (N-methyl/N-ethyl adjacent to an activating group) is 1. The molecule has 0 heterocycles. The zero-order chi connectivity index (χ0) is 10.8. The standard InChI is InChI=1S/C13H17NO/c1-14(2)12-7-6-10-4-3-5-11(9-15)13(10)8-12/h3-5,9,12H,6-8H2,1-2H3. The molecule has 2 rings (SSSR count). The van der Waals surface area contributed by atoms with E-state index in [9.17, 15) is 4.79 Å². The number of rotatable bonds is 2. The van der Waals surface area contributed by atoms with E-state index >= 15 is 0 Å². The van der Waals surface area contributed by atoms with Crippen LogP contribution in [0, 0.1) is 0 Å². The zero-order valence-corrected chi connectivity index (χ0v) is 9.36. The Morgan fingerprint density at radius 2 is 2.20 bits per heavy atom. The lowest BCUT2D eigenvalue weighted by molar-refractivity contribution is 0.112. The van der Waals surface area contributed by atoms with Crippen LogP contribution in [0.5, 0.6) is 0 Å². The summed E-state index contributed by atoms with van der Waals surface area (Å²) in [5, 5.41) is 0. The highest BCUT2D eigenvalue weighted by Gasteiger charge is 2.21. The van der Waals surface area contributed by atoms with Gasteiger partial charge in [-0.05, 0) is 44.5 Å². The van der Waals surface area contributed by atoms with Crippen molar-refractivity contribution in [2.45, 2.75) is 25.3 Å². The molecule has 80 valence electrons. The Labute approximate surface area is 90.9 Å². The molecule has 0 bridgehead atoms. The maximum Gasteiger partial charge on any atom is 0.150 e. The van der Waals surface area contributed by atoms with Crippen LogP contribution in [0.1, 0.15) is 27.9 Å². The van der Waals surface area contributed by atoms with E-state index in [4.69, 9.17) is 0 Å². The van der Waals surface area contributed by atoms with Crippen LogP contribution < -0.4 is 0 Å². The summed E-state index contributed by atoms with van der Waals surface area (Å²) in [4.78, 5) is 13.2. The molecule has 0 aromatic heterocycles. The van der Waals surface area contributed by atoms with Gasteiger partial charge in [-0.15, -0.1) is 0 Å². The first kappa shape index (κ1) is 10.4. The van der Waals surface area contributed by atoms with Crippen LogP contribution in [0.15, 0.2) is 18.2 Å². The normalized spacial score (nSPS) is 20.1. The highest BCUT2D eigenvalue weighted by atomic mass is 16.1. The van der Waals surface area contributed by atoms with Gasteiger partial charge in [0.1, 0.15) is 6.29 Å². The SMILES string of the molecule is CN(C)C1CCc2cccc(C=O)c2C1. The average molecular weight is 203 g/mol. The second kappa shape index (κ2) is 4.15. The Bertz CT molecular complexity index is 371. The number of carbonyl (C=O) groups is 1. The summed E-state index contributed by atoms with van der Waals surface area (Å²) in [6, 6.07) is 6.63. The minimum Gasteiger partial charge on any atom is -0.306 e. The van der Waals surface area contributed by atoms with Gasteiger partial charge in [0.15, 0.2) is 0 Å². The molecule has 1 aromatic rings. The Hall–Kier alpha value is -1.15. The minimum absolute atomic E-state index is 0.582. The molecule has 1 aliphatic rings. The lowest BCUT2D eigenvalue weighted by atomic mass is 9.85. The molecule has 2 heteroatoms. The van der Waals surface area contributed by atoms with Crippen LogP contribution in [0.25, 0.3) is 0 Å². The summed E-state index contributed by atoms with van der Waals surface area (Å²) in [5.41, 5.74) is 3.49. The van der Waals surface area contributed by atoms with Gasteiger partial charge >= 0.3 is 0 Å². The summed E-state index contributed by atoms with van der Waals surface area (Å²) in [5.74, 6) is 0. The Balaban J connectivity index is 2.34. The summed E-state index contributed by atoms with van der Waals surface area (Å²) in [6.45, 7) is 0. The van der Waals surface area contributed by atoms with E-state index in [0.29, 0.717) is 6.04 Å². The Kier molecular flexibility index (Phi) is 2.87. The molecule has 0 N–H and O–H groups in total. The summed E-state index contributed by atoms with van der Waals surface area (Å²) < 4.78 is 0. The lowest BCUT2D eigenvalue weighted by Crippen LogP contribution is -2.33. The molecule has 15 heavy (non-hydrogen) atoms. The van der Waals surface area contributed by atoms with Gasteiger partial charge in [0.2, 0.25) is 0 Å². The monoisotopic (exact) mass is 203 g/mol. The number of benzene rings is 1. The fraction of sp³-hybridized carbons (Fsp3) is 0.462. The van der Waals surface area contributed by atoms with E-state index in [2.05, 4.69) is 25.1 Å². The van der Waals surface area contributed by atoms with Crippen molar-refractivity contribution in [3.8, 4) is 0 Å². The van der Waals surface area contributed by atoms with Crippen LogP contribution in [0.3, 0.4) is 0 Å². The topological polar surface area (TPSA) is 20.3 Å². The van der Waals surface area contributed by atoms with Crippen molar-refractivity contribution in [2.24, 2.45) is 0 Å². The maximum absolute atomic E-state index is 10.9. The van der Waals surface area contributed by atoms with Crippen LogP contribution >= 0.6 is 0 Å². The third-order valence-corrected chi connectivity index (χ3v) is 3.35. The molecule has 0 saturated carbocycles. The predicted octanol–water partition coefficient (Wildman–Crippen LogP) is 1.92. The number of hydrogen-bond acceptors (Lipinski definition) is 2. The van der Waals surface area contributed by atoms with E-state index in [1.807, 2.05) is 12.1 Å². The number of aryl methyl sites for hydroxylation is 1. The molecule has 0 fully saturated rings. The van der Waals surface area contributed by atoms with Crippen molar-refractivity contribution in [1.82, 2.24) is 4.90 Å². The molecule has 1 unspecified atom stereocenters. The van der Waals surface area contributed by atoms with E-state index in [0.717, 1.165) is 24.7 Å². The van der Waals surface area contributed by atoms with Gasteiger partial charge in [-0.25, -0.2) is 0 Å². The molecular formula is C13H17NO. The van der Waals surface area contributed by atoms with Gasteiger partial charge in [0.25, 0.3) is 0 Å². The Morgan fingerprint density at radius 1 is 1.40 bits per heavy atom. The predicted molar refractivity (Wildman–Crippen MR) is 61.3 cm³/mol. The van der Waals surface area contributed by atoms with Crippen LogP contribution in [-0.2, 0) is 12.8 Å². The molecular weight excluding hydrogens is 186 g/mol. The number of nitrogens with zero attached hydrogens (tertiary/aromatic N) is 1. The van der Waals surface area contributed by atoms with Gasteiger partial charge < -0.3 is 4.90 Å². The number of aldehydes is 1. The van der Waals surface area contributed by atoms with E-state index < -0.39 is 0 Å². The molecule has 0 aliphatic heterocycles. The minimum atomic E-state index is 0.582. The Morgan fingerprint density at radius 3 is 2.87 bits per heavy atom. The van der Waals surface area contributed by atoms with Gasteiger partial charge in [0, 0.05) is 11.6 Å². The number of hydrogen-bond donors (Lipinski definition) is 0. The van der Waals surface area contributed by atoms with E-state index in [1.54, 1.807) is 0 Å². The van der Waals surface area contributed by atoms with E-state index in [-0.39, 0.29) is 0 Å². The molecule has 0 amide bonds. The maximum atomic E-state index is 10.9. The van der Waals surface area contributed by atoms with Crippen molar-refractivity contribution in [3.63, 3.8) is 0 Å². The first-order valence-electron chi connectivity index (χ1n) is 5.44. The fourth-order valence-electron chi connectivity index (χ4n) is 2.35. The molecule has 1 aliphatic carbocycles. The van der Waals surface area contributed by atoms with Crippen molar-refractivity contribution >= 4 is 6.29 Å². The first-order valence-corrected chi connectivity index (χ1v) is 5.44. The molecule has 2 nitrogen and oxygen atoms in total. The highest BCUT2D eigenvalue weighted by molar-refractivity contribution is 5.78. The quantitative estimate of drug-likeness (QED) is 0.684. The summed E-state index contributed by atoms with van der Waals surface area (Å²) >= 11 is 0. The number of fused-ring (bicyclic) bond motifs is 1. The average Bonchev–Trinajstić information content (AvgIpc) is 2.27. The van der Waals surface area contributed by atoms with Crippen molar-refractivity contribution in [3.05, 3.63) is 34.9 Å². The molecule has 0 radical (unpaired) electrons. The van der Waals surface area contributed by atoms with Crippen molar-refractivity contribution < 1.29 is 4.79 Å². The van der Waals surface area contributed by atoms with Gasteiger partial charge in [-0.1, -0.05) is 18.2 Å².